The quantitative estimate of drug-likeness (QED) is 0.872. The summed E-state index contributed by atoms with van der Waals surface area (Å²) in [6.07, 6.45) is 0. The predicted octanol–water partition coefficient (Wildman–Crippen LogP) is 4.57. The topological polar surface area (TPSA) is 21.3 Å². The van der Waals surface area contributed by atoms with Gasteiger partial charge in [0.15, 0.2) is 0 Å². The van der Waals surface area contributed by atoms with Crippen molar-refractivity contribution in [2.24, 2.45) is 0 Å². The monoisotopic (exact) mass is 295 g/mol. The van der Waals surface area contributed by atoms with E-state index in [2.05, 4.69) is 5.32 Å². The second-order valence-corrected chi connectivity index (χ2v) is 4.64. The number of rotatable bonds is 5. The minimum atomic E-state index is -0.748. The van der Waals surface area contributed by atoms with Crippen LogP contribution in [0.2, 0.25) is 0 Å². The van der Waals surface area contributed by atoms with Gasteiger partial charge in [-0.2, -0.15) is 0 Å². The highest BCUT2D eigenvalue weighted by Crippen LogP contribution is 2.32. The highest BCUT2D eigenvalue weighted by molar-refractivity contribution is 5.40. The van der Waals surface area contributed by atoms with E-state index in [1.165, 1.54) is 12.1 Å². The Morgan fingerprint density at radius 3 is 2.38 bits per heavy atom. The van der Waals surface area contributed by atoms with Gasteiger partial charge in [-0.25, -0.2) is 13.2 Å². The van der Waals surface area contributed by atoms with Crippen LogP contribution in [0.15, 0.2) is 36.4 Å². The van der Waals surface area contributed by atoms with E-state index in [1.807, 2.05) is 6.92 Å². The van der Waals surface area contributed by atoms with Gasteiger partial charge in [-0.15, -0.1) is 0 Å². The molecule has 5 heteroatoms. The van der Waals surface area contributed by atoms with E-state index in [-0.39, 0.29) is 17.5 Å². The van der Waals surface area contributed by atoms with E-state index >= 15 is 0 Å². The molecule has 21 heavy (non-hydrogen) atoms. The van der Waals surface area contributed by atoms with Crippen LogP contribution in [0.4, 0.5) is 13.2 Å². The molecule has 0 fully saturated rings. The van der Waals surface area contributed by atoms with Crippen LogP contribution in [0.1, 0.15) is 25.5 Å². The van der Waals surface area contributed by atoms with Crippen LogP contribution in [0.3, 0.4) is 0 Å². The first-order chi connectivity index (χ1) is 10.0. The summed E-state index contributed by atoms with van der Waals surface area (Å²) in [6.45, 7) is 4.35. The lowest BCUT2D eigenvalue weighted by atomic mass is 10.1. The first-order valence-corrected chi connectivity index (χ1v) is 6.67. The van der Waals surface area contributed by atoms with Gasteiger partial charge in [-0.3, -0.25) is 0 Å². The van der Waals surface area contributed by atoms with Crippen LogP contribution in [0.5, 0.6) is 11.5 Å². The van der Waals surface area contributed by atoms with E-state index in [1.54, 1.807) is 13.0 Å². The van der Waals surface area contributed by atoms with E-state index in [4.69, 9.17) is 4.74 Å². The molecule has 1 unspecified atom stereocenters. The smallest absolute Gasteiger partial charge is 0.135 e. The van der Waals surface area contributed by atoms with Crippen LogP contribution >= 0.6 is 0 Å². The van der Waals surface area contributed by atoms with Crippen molar-refractivity contribution in [2.45, 2.75) is 19.9 Å². The molecule has 0 aromatic heterocycles. The van der Waals surface area contributed by atoms with Crippen molar-refractivity contribution in [3.8, 4) is 11.5 Å². The third kappa shape index (κ3) is 3.76. The zero-order valence-electron chi connectivity index (χ0n) is 11.8. The number of ether oxygens (including phenoxy) is 1. The Morgan fingerprint density at radius 2 is 1.76 bits per heavy atom. The summed E-state index contributed by atoms with van der Waals surface area (Å²) in [7, 11) is 0. The summed E-state index contributed by atoms with van der Waals surface area (Å²) in [6, 6.07) is 6.94. The highest BCUT2D eigenvalue weighted by Gasteiger charge is 2.17. The minimum absolute atomic E-state index is 0.0111. The molecule has 0 heterocycles. The number of benzene rings is 2. The molecule has 1 N–H and O–H groups in total. The molecule has 0 saturated carbocycles. The number of halogens is 3. The van der Waals surface area contributed by atoms with Gasteiger partial charge < -0.3 is 10.1 Å². The van der Waals surface area contributed by atoms with E-state index < -0.39 is 17.5 Å². The van der Waals surface area contributed by atoms with Gasteiger partial charge in [0.2, 0.25) is 0 Å². The maximum Gasteiger partial charge on any atom is 0.135 e. The number of hydrogen-bond acceptors (Lipinski definition) is 2. The first-order valence-electron chi connectivity index (χ1n) is 6.67. The van der Waals surface area contributed by atoms with Gasteiger partial charge >= 0.3 is 0 Å². The lowest BCUT2D eigenvalue weighted by Crippen LogP contribution is -2.19. The van der Waals surface area contributed by atoms with E-state index in [0.29, 0.717) is 12.1 Å². The first kappa shape index (κ1) is 15.4. The largest absolute Gasteiger partial charge is 0.457 e. The Labute approximate surface area is 121 Å². The molecule has 0 aliphatic carbocycles. The number of hydrogen-bond donors (Lipinski definition) is 1. The summed E-state index contributed by atoms with van der Waals surface area (Å²) in [4.78, 5) is 0. The molecule has 2 nitrogen and oxygen atoms in total. The van der Waals surface area contributed by atoms with Crippen molar-refractivity contribution in [1.82, 2.24) is 5.32 Å². The van der Waals surface area contributed by atoms with Crippen LogP contribution in [0.25, 0.3) is 0 Å². The third-order valence-corrected chi connectivity index (χ3v) is 3.02. The van der Waals surface area contributed by atoms with E-state index in [9.17, 15) is 13.2 Å². The van der Waals surface area contributed by atoms with Gasteiger partial charge in [-0.05, 0) is 25.6 Å². The summed E-state index contributed by atoms with van der Waals surface area (Å²) < 4.78 is 45.8. The summed E-state index contributed by atoms with van der Waals surface area (Å²) in [5, 5.41) is 3.08. The van der Waals surface area contributed by atoms with Crippen LogP contribution in [-0.4, -0.2) is 6.54 Å². The fourth-order valence-electron chi connectivity index (χ4n) is 2.15. The molecule has 0 aliphatic rings. The maximum absolute atomic E-state index is 14.0. The van der Waals surface area contributed by atoms with Crippen molar-refractivity contribution < 1.29 is 17.9 Å². The molecule has 0 aliphatic heterocycles. The average molecular weight is 295 g/mol. The van der Waals surface area contributed by atoms with Gasteiger partial charge in [0.05, 0.1) is 0 Å². The van der Waals surface area contributed by atoms with E-state index in [0.717, 1.165) is 18.2 Å². The third-order valence-electron chi connectivity index (χ3n) is 3.02. The molecule has 2 aromatic rings. The van der Waals surface area contributed by atoms with Crippen molar-refractivity contribution in [3.63, 3.8) is 0 Å². The van der Waals surface area contributed by atoms with Gasteiger partial charge in [0.1, 0.15) is 29.0 Å². The Hall–Kier alpha value is -2.01. The Kier molecular flexibility index (Phi) is 4.85. The molecule has 2 aromatic carbocycles. The molecule has 0 radical (unpaired) electrons. The van der Waals surface area contributed by atoms with Crippen LogP contribution in [0, 0.1) is 17.5 Å². The van der Waals surface area contributed by atoms with Crippen molar-refractivity contribution >= 4 is 0 Å². The van der Waals surface area contributed by atoms with Gasteiger partial charge in [-0.1, -0.05) is 13.0 Å². The zero-order chi connectivity index (χ0) is 15.4. The molecule has 0 bridgehead atoms. The molecule has 112 valence electrons. The lowest BCUT2D eigenvalue weighted by molar-refractivity contribution is 0.440. The summed E-state index contributed by atoms with van der Waals surface area (Å²) in [5.74, 6) is -1.71. The standard InChI is InChI=1S/C16H16F3NO/c1-3-20-10(2)16-14(19)5-4-6-15(16)21-13-8-11(17)7-12(18)9-13/h4-10,20H,3H2,1-2H3. The molecule has 0 amide bonds. The molecule has 2 rings (SSSR count). The summed E-state index contributed by atoms with van der Waals surface area (Å²) >= 11 is 0. The molecular weight excluding hydrogens is 279 g/mol. The SMILES string of the molecule is CCNC(C)c1c(F)cccc1Oc1cc(F)cc(F)c1. The molecular formula is C16H16F3NO. The molecule has 1 atom stereocenters. The number of nitrogens with one attached hydrogen (secondary N) is 1. The highest BCUT2D eigenvalue weighted by atomic mass is 19.1. The van der Waals surface area contributed by atoms with Crippen LogP contribution < -0.4 is 10.1 Å². The van der Waals surface area contributed by atoms with Gasteiger partial charge in [0, 0.05) is 29.8 Å². The van der Waals surface area contributed by atoms with Crippen molar-refractivity contribution in [2.75, 3.05) is 6.54 Å². The average Bonchev–Trinajstić information content (AvgIpc) is 2.37. The Balaban J connectivity index is 2.37. The normalized spacial score (nSPS) is 12.2. The van der Waals surface area contributed by atoms with Gasteiger partial charge in [0.25, 0.3) is 0 Å². The summed E-state index contributed by atoms with van der Waals surface area (Å²) in [5.41, 5.74) is 0.323. The Morgan fingerprint density at radius 1 is 1.10 bits per heavy atom. The lowest BCUT2D eigenvalue weighted by Gasteiger charge is -2.18. The van der Waals surface area contributed by atoms with Crippen LogP contribution in [-0.2, 0) is 0 Å². The molecule has 0 spiro atoms. The zero-order valence-corrected chi connectivity index (χ0v) is 11.8. The van der Waals surface area contributed by atoms with Crippen molar-refractivity contribution in [1.29, 1.82) is 0 Å². The fourth-order valence-corrected chi connectivity index (χ4v) is 2.15. The second kappa shape index (κ2) is 6.63. The second-order valence-electron chi connectivity index (χ2n) is 4.64. The predicted molar refractivity (Wildman–Crippen MR) is 74.9 cm³/mol. The van der Waals surface area contributed by atoms with Crippen molar-refractivity contribution in [3.05, 3.63) is 59.4 Å². The Bertz CT molecular complexity index is 611. The maximum atomic E-state index is 14.0. The fraction of sp³-hybridized carbons (Fsp3) is 0.250. The molecule has 0 saturated heterocycles. The minimum Gasteiger partial charge on any atom is -0.457 e.